The van der Waals surface area contributed by atoms with Gasteiger partial charge in [0, 0.05) is 19.6 Å². The predicted octanol–water partition coefficient (Wildman–Crippen LogP) is 3.91. The summed E-state index contributed by atoms with van der Waals surface area (Å²) >= 11 is 1.07. The minimum atomic E-state index is -3.97. The summed E-state index contributed by atoms with van der Waals surface area (Å²) in [5.74, 6) is 0.119. The van der Waals surface area contributed by atoms with Crippen LogP contribution in [0.4, 0.5) is 5.69 Å². The van der Waals surface area contributed by atoms with E-state index in [9.17, 15) is 18.0 Å². The maximum atomic E-state index is 13.2. The molecule has 0 aliphatic carbocycles. The van der Waals surface area contributed by atoms with Crippen molar-refractivity contribution in [2.45, 2.75) is 44.0 Å². The first-order chi connectivity index (χ1) is 15.8. The van der Waals surface area contributed by atoms with Crippen molar-refractivity contribution in [2.75, 3.05) is 24.9 Å². The zero-order chi connectivity index (χ0) is 23.6. The van der Waals surface area contributed by atoms with Crippen LogP contribution in [0, 0.1) is 0 Å². The molecule has 0 spiro atoms. The molecule has 1 N–H and O–H groups in total. The summed E-state index contributed by atoms with van der Waals surface area (Å²) in [5.41, 5.74) is 1.35. The molecule has 0 bridgehead atoms. The van der Waals surface area contributed by atoms with Crippen LogP contribution in [0.1, 0.15) is 43.0 Å². The number of hydrogen-bond acceptors (Lipinski definition) is 6. The predicted molar refractivity (Wildman–Crippen MR) is 130 cm³/mol. The van der Waals surface area contributed by atoms with Gasteiger partial charge >= 0.3 is 4.87 Å². The van der Waals surface area contributed by atoms with Gasteiger partial charge in [0.2, 0.25) is 0 Å². The number of aryl methyl sites for hydroxylation is 1. The molecular formula is C23H27N3O5S2. The highest BCUT2D eigenvalue weighted by Gasteiger charge is 2.24. The quantitative estimate of drug-likeness (QED) is 0.566. The SMILES string of the molecule is CCn1c(=O)sc2cc(NS(=O)(=O)c3ccc(OC)c(C(=O)N4CCCCCC4)c3)ccc21. The van der Waals surface area contributed by atoms with Gasteiger partial charge in [-0.25, -0.2) is 8.42 Å². The Morgan fingerprint density at radius 2 is 1.82 bits per heavy atom. The second-order valence-corrected chi connectivity index (χ2v) is 10.6. The molecule has 3 aromatic rings. The van der Waals surface area contributed by atoms with Crippen LogP contribution in [0.25, 0.3) is 10.2 Å². The van der Waals surface area contributed by atoms with Crippen molar-refractivity contribution in [2.24, 2.45) is 0 Å². The van der Waals surface area contributed by atoms with Crippen LogP contribution in [0.2, 0.25) is 0 Å². The number of amides is 1. The second kappa shape index (κ2) is 9.56. The number of aromatic nitrogens is 1. The van der Waals surface area contributed by atoms with E-state index < -0.39 is 10.0 Å². The highest BCUT2D eigenvalue weighted by atomic mass is 32.2. The molecule has 0 saturated carbocycles. The fourth-order valence-electron chi connectivity index (χ4n) is 4.11. The Balaban J connectivity index is 1.65. The largest absolute Gasteiger partial charge is 0.496 e. The first kappa shape index (κ1) is 23.3. The van der Waals surface area contributed by atoms with Crippen LogP contribution in [-0.4, -0.2) is 44.0 Å². The average Bonchev–Trinajstić information content (AvgIpc) is 2.95. The maximum absolute atomic E-state index is 13.2. The molecule has 2 heterocycles. The van der Waals surface area contributed by atoms with Crippen LogP contribution < -0.4 is 14.3 Å². The summed E-state index contributed by atoms with van der Waals surface area (Å²) in [6.07, 6.45) is 4.03. The van der Waals surface area contributed by atoms with Crippen molar-refractivity contribution in [1.82, 2.24) is 9.47 Å². The first-order valence-corrected chi connectivity index (χ1v) is 13.3. The lowest BCUT2D eigenvalue weighted by Crippen LogP contribution is -2.32. The van der Waals surface area contributed by atoms with Crippen molar-refractivity contribution in [1.29, 1.82) is 0 Å². The van der Waals surface area contributed by atoms with E-state index >= 15 is 0 Å². The van der Waals surface area contributed by atoms with Gasteiger partial charge in [0.05, 0.1) is 33.5 Å². The molecule has 0 atom stereocenters. The normalized spacial score (nSPS) is 14.8. The summed E-state index contributed by atoms with van der Waals surface area (Å²) < 4.78 is 36.5. The van der Waals surface area contributed by atoms with E-state index in [2.05, 4.69) is 4.72 Å². The summed E-state index contributed by atoms with van der Waals surface area (Å²) in [5, 5.41) is 0. The molecule has 1 saturated heterocycles. The van der Waals surface area contributed by atoms with E-state index in [1.165, 1.54) is 25.3 Å². The van der Waals surface area contributed by atoms with Crippen LogP contribution in [-0.2, 0) is 16.6 Å². The summed E-state index contributed by atoms with van der Waals surface area (Å²) in [7, 11) is -2.50. The van der Waals surface area contributed by atoms with Gasteiger partial charge < -0.3 is 9.64 Å². The van der Waals surface area contributed by atoms with E-state index in [1.54, 1.807) is 27.7 Å². The highest BCUT2D eigenvalue weighted by Crippen LogP contribution is 2.28. The maximum Gasteiger partial charge on any atom is 0.308 e. The van der Waals surface area contributed by atoms with Gasteiger partial charge in [0.25, 0.3) is 15.9 Å². The number of nitrogens with zero attached hydrogens (tertiary/aromatic N) is 2. The molecule has 2 aromatic carbocycles. The number of ether oxygens (including phenoxy) is 1. The third-order valence-electron chi connectivity index (χ3n) is 5.84. The molecule has 10 heteroatoms. The molecule has 1 aromatic heterocycles. The lowest BCUT2D eigenvalue weighted by atomic mass is 10.1. The number of benzene rings is 2. The molecule has 0 unspecified atom stereocenters. The molecular weight excluding hydrogens is 462 g/mol. The van der Waals surface area contributed by atoms with Crippen LogP contribution >= 0.6 is 11.3 Å². The number of likely N-dealkylation sites (tertiary alicyclic amines) is 1. The Hall–Kier alpha value is -2.85. The van der Waals surface area contributed by atoms with E-state index in [-0.39, 0.29) is 21.2 Å². The lowest BCUT2D eigenvalue weighted by molar-refractivity contribution is 0.0758. The standard InChI is InChI=1S/C23H27N3O5S2/c1-3-26-19-10-8-16(14-21(19)32-23(26)28)24-33(29,30)17-9-11-20(31-2)18(15-17)22(27)25-12-6-4-5-7-13-25/h8-11,14-15,24H,3-7,12-13H2,1-2H3. The number of fused-ring (bicyclic) bond motifs is 1. The van der Waals surface area contributed by atoms with E-state index in [0.717, 1.165) is 42.5 Å². The van der Waals surface area contributed by atoms with Crippen molar-refractivity contribution in [3.05, 3.63) is 51.6 Å². The molecule has 8 nitrogen and oxygen atoms in total. The summed E-state index contributed by atoms with van der Waals surface area (Å²) in [6, 6.07) is 9.32. The average molecular weight is 490 g/mol. The van der Waals surface area contributed by atoms with Crippen LogP contribution in [0.3, 0.4) is 0 Å². The van der Waals surface area contributed by atoms with Crippen molar-refractivity contribution in [3.63, 3.8) is 0 Å². The van der Waals surface area contributed by atoms with Gasteiger partial charge in [-0.1, -0.05) is 24.2 Å². The van der Waals surface area contributed by atoms with Gasteiger partial charge in [0.1, 0.15) is 5.75 Å². The van der Waals surface area contributed by atoms with E-state index in [0.29, 0.717) is 35.8 Å². The monoisotopic (exact) mass is 489 g/mol. The van der Waals surface area contributed by atoms with Crippen LogP contribution in [0.15, 0.2) is 46.1 Å². The number of nitrogens with one attached hydrogen (secondary N) is 1. The smallest absolute Gasteiger partial charge is 0.308 e. The highest BCUT2D eigenvalue weighted by molar-refractivity contribution is 7.92. The Kier molecular flexibility index (Phi) is 6.76. The third kappa shape index (κ3) is 4.77. The fraction of sp³-hybridized carbons (Fsp3) is 0.391. The van der Waals surface area contributed by atoms with Gasteiger partial charge in [-0.15, -0.1) is 0 Å². The first-order valence-electron chi connectivity index (χ1n) is 11.0. The molecule has 4 rings (SSSR count). The Morgan fingerprint density at radius 3 is 2.48 bits per heavy atom. The lowest BCUT2D eigenvalue weighted by Gasteiger charge is -2.22. The van der Waals surface area contributed by atoms with E-state index in [4.69, 9.17) is 4.74 Å². The third-order valence-corrected chi connectivity index (χ3v) is 8.16. The molecule has 1 aliphatic heterocycles. The minimum absolute atomic E-state index is 0.0270. The zero-order valence-electron chi connectivity index (χ0n) is 18.7. The number of methoxy groups -OCH3 is 1. The van der Waals surface area contributed by atoms with Gasteiger partial charge in [-0.3, -0.25) is 18.9 Å². The topological polar surface area (TPSA) is 97.7 Å². The number of carbonyl (C=O) groups excluding carboxylic acids is 1. The number of carbonyl (C=O) groups is 1. The van der Waals surface area contributed by atoms with E-state index in [1.807, 2.05) is 6.92 Å². The Bertz CT molecular complexity index is 1340. The summed E-state index contributed by atoms with van der Waals surface area (Å²) in [4.78, 5) is 26.9. The molecule has 1 aliphatic rings. The fourth-order valence-corrected chi connectivity index (χ4v) is 6.18. The van der Waals surface area contributed by atoms with Gasteiger partial charge in [-0.05, 0) is 56.2 Å². The number of anilines is 1. The number of rotatable bonds is 6. The van der Waals surface area contributed by atoms with Gasteiger partial charge in [0.15, 0.2) is 0 Å². The van der Waals surface area contributed by atoms with Gasteiger partial charge in [-0.2, -0.15) is 0 Å². The van der Waals surface area contributed by atoms with Crippen LogP contribution in [0.5, 0.6) is 5.75 Å². The van der Waals surface area contributed by atoms with Crippen molar-refractivity contribution >= 4 is 43.2 Å². The molecule has 33 heavy (non-hydrogen) atoms. The Labute approximate surface area is 196 Å². The second-order valence-electron chi connectivity index (χ2n) is 7.97. The molecule has 0 radical (unpaired) electrons. The number of thiazole rings is 1. The molecule has 1 fully saturated rings. The number of sulfonamides is 1. The molecule has 1 amide bonds. The van der Waals surface area contributed by atoms with Crippen molar-refractivity contribution < 1.29 is 17.9 Å². The minimum Gasteiger partial charge on any atom is -0.496 e. The number of hydrogen-bond donors (Lipinski definition) is 1. The van der Waals surface area contributed by atoms with Crippen molar-refractivity contribution in [3.8, 4) is 5.75 Å². The molecule has 176 valence electrons. The Morgan fingerprint density at radius 1 is 1.09 bits per heavy atom. The summed E-state index contributed by atoms with van der Waals surface area (Å²) in [6.45, 7) is 3.73. The zero-order valence-corrected chi connectivity index (χ0v) is 20.3.